The van der Waals surface area contributed by atoms with Gasteiger partial charge < -0.3 is 19.5 Å². The molecule has 4 aliphatic rings. The third-order valence-corrected chi connectivity index (χ3v) is 12.1. The summed E-state index contributed by atoms with van der Waals surface area (Å²) in [7, 11) is -2.28. The van der Waals surface area contributed by atoms with Crippen molar-refractivity contribution in [1.29, 1.82) is 0 Å². The number of hydrogen-bond acceptors (Lipinski definition) is 7. The van der Waals surface area contributed by atoms with E-state index in [0.29, 0.717) is 24.8 Å². The van der Waals surface area contributed by atoms with Crippen LogP contribution < -0.4 is 14.4 Å². The quantitative estimate of drug-likeness (QED) is 0.457. The summed E-state index contributed by atoms with van der Waals surface area (Å²) in [4.78, 5) is 15.7. The molecular formula is C33H41ClN2O6S. The van der Waals surface area contributed by atoms with Crippen LogP contribution in [0.1, 0.15) is 60.5 Å². The topological polar surface area (TPSA) is 105 Å². The first-order valence-electron chi connectivity index (χ1n) is 15.3. The van der Waals surface area contributed by atoms with Crippen LogP contribution in [0.4, 0.5) is 5.69 Å². The number of methoxy groups -OCH3 is 1. The molecule has 2 N–H and O–H groups in total. The molecule has 0 aromatic heterocycles. The normalized spacial score (nSPS) is 32.8. The number of ether oxygens (including phenoxy) is 2. The monoisotopic (exact) mass is 628 g/mol. The first kappa shape index (κ1) is 30.4. The number of benzene rings is 2. The van der Waals surface area contributed by atoms with E-state index in [1.165, 1.54) is 11.1 Å². The number of carbonyl (C=O) groups excluding carboxylic acids is 1. The minimum atomic E-state index is -3.99. The number of halogens is 1. The van der Waals surface area contributed by atoms with E-state index in [9.17, 15) is 18.3 Å². The number of amides is 1. The molecule has 232 valence electrons. The number of hydrogen-bond donors (Lipinski definition) is 2. The first-order chi connectivity index (χ1) is 20.6. The van der Waals surface area contributed by atoms with E-state index in [0.717, 1.165) is 49.4 Å². The second-order valence-corrected chi connectivity index (χ2v) is 15.4. The summed E-state index contributed by atoms with van der Waals surface area (Å²) >= 11 is 6.40. The molecule has 8 nitrogen and oxygen atoms in total. The van der Waals surface area contributed by atoms with Crippen molar-refractivity contribution in [1.82, 2.24) is 4.72 Å². The Bertz CT molecular complexity index is 1510. The number of nitrogens with one attached hydrogen (secondary N) is 1. The Kier molecular flexibility index (Phi) is 8.54. The Morgan fingerprint density at radius 2 is 2.02 bits per heavy atom. The molecule has 2 bridgehead atoms. The van der Waals surface area contributed by atoms with Gasteiger partial charge in [-0.05, 0) is 98.7 Å². The molecule has 6 atom stereocenters. The summed E-state index contributed by atoms with van der Waals surface area (Å²) in [5.74, 6) is 0.275. The Labute approximate surface area is 259 Å². The fourth-order valence-corrected chi connectivity index (χ4v) is 8.78. The molecule has 0 radical (unpaired) electrons. The summed E-state index contributed by atoms with van der Waals surface area (Å²) in [5.41, 5.74) is 3.33. The van der Waals surface area contributed by atoms with Crippen molar-refractivity contribution in [3.05, 3.63) is 70.3 Å². The van der Waals surface area contributed by atoms with Gasteiger partial charge in [-0.1, -0.05) is 29.8 Å². The Morgan fingerprint density at radius 1 is 1.19 bits per heavy atom. The lowest BCUT2D eigenvalue weighted by Gasteiger charge is -2.46. The number of anilines is 1. The molecule has 2 aliphatic carbocycles. The van der Waals surface area contributed by atoms with Crippen molar-refractivity contribution in [2.75, 3.05) is 38.3 Å². The summed E-state index contributed by atoms with van der Waals surface area (Å²) in [5, 5.41) is 9.88. The van der Waals surface area contributed by atoms with Crippen LogP contribution in [0.2, 0.25) is 5.02 Å². The number of nitrogens with zero attached hydrogens (tertiary/aromatic N) is 1. The van der Waals surface area contributed by atoms with Crippen molar-refractivity contribution < 1.29 is 27.8 Å². The van der Waals surface area contributed by atoms with E-state index in [1.807, 2.05) is 18.2 Å². The van der Waals surface area contributed by atoms with Crippen LogP contribution in [0.25, 0.3) is 0 Å². The van der Waals surface area contributed by atoms with Crippen molar-refractivity contribution in [3.8, 4) is 5.75 Å². The molecule has 6 rings (SSSR count). The highest BCUT2D eigenvalue weighted by Crippen LogP contribution is 2.47. The number of aliphatic hydroxyl groups excluding tert-OH is 1. The lowest BCUT2D eigenvalue weighted by Crippen LogP contribution is -2.49. The first-order valence-corrected chi connectivity index (χ1v) is 17.2. The predicted octanol–water partition coefficient (Wildman–Crippen LogP) is 4.87. The summed E-state index contributed by atoms with van der Waals surface area (Å²) in [6, 6.07) is 11.4. The molecular weight excluding hydrogens is 588 g/mol. The minimum absolute atomic E-state index is 0.145. The molecule has 2 aromatic carbocycles. The molecule has 0 unspecified atom stereocenters. The zero-order chi connectivity index (χ0) is 30.4. The third kappa shape index (κ3) is 5.93. The van der Waals surface area contributed by atoms with Gasteiger partial charge in [0.1, 0.15) is 5.75 Å². The van der Waals surface area contributed by atoms with Crippen LogP contribution in [-0.2, 0) is 26.6 Å². The van der Waals surface area contributed by atoms with E-state index in [1.54, 1.807) is 32.2 Å². The predicted molar refractivity (Wildman–Crippen MR) is 167 cm³/mol. The van der Waals surface area contributed by atoms with Crippen molar-refractivity contribution in [3.63, 3.8) is 0 Å². The smallest absolute Gasteiger partial charge is 0.264 e. The average molecular weight is 629 g/mol. The van der Waals surface area contributed by atoms with E-state index in [-0.39, 0.29) is 41.9 Å². The summed E-state index contributed by atoms with van der Waals surface area (Å²) in [6.07, 6.45) is 8.95. The zero-order valence-corrected chi connectivity index (χ0v) is 26.4. The third-order valence-electron chi connectivity index (χ3n) is 10.1. The minimum Gasteiger partial charge on any atom is -0.490 e. The molecule has 1 fully saturated rings. The molecule has 2 heterocycles. The van der Waals surface area contributed by atoms with Crippen LogP contribution in [0.15, 0.2) is 48.6 Å². The largest absolute Gasteiger partial charge is 0.490 e. The molecule has 1 spiro atoms. The SMILES string of the molecule is CO[C@H]1/C=C\[C@@H](CO)C[C@@H](C)S(=O)(=O)NC(=O)c2ccc3c(c2)N(C[C@@H]2CC[C@H]21)C[C@@]1(CCCc2cc(Cl)ccc21)CO3. The van der Waals surface area contributed by atoms with Gasteiger partial charge in [0.2, 0.25) is 10.0 Å². The second kappa shape index (κ2) is 12.1. The second-order valence-electron chi connectivity index (χ2n) is 12.8. The molecule has 2 aromatic rings. The van der Waals surface area contributed by atoms with E-state index in [2.05, 4.69) is 21.8 Å². The number of rotatable bonds is 2. The number of carbonyl (C=O) groups is 1. The highest BCUT2D eigenvalue weighted by atomic mass is 35.5. The van der Waals surface area contributed by atoms with Gasteiger partial charge >= 0.3 is 0 Å². The highest BCUT2D eigenvalue weighted by Gasteiger charge is 2.44. The van der Waals surface area contributed by atoms with Crippen molar-refractivity contribution in [2.45, 2.75) is 62.2 Å². The average Bonchev–Trinajstić information content (AvgIpc) is 3.12. The Balaban J connectivity index is 1.43. The Hall–Kier alpha value is -2.59. The lowest BCUT2D eigenvalue weighted by atomic mass is 9.68. The van der Waals surface area contributed by atoms with Crippen LogP contribution in [0, 0.1) is 17.8 Å². The summed E-state index contributed by atoms with van der Waals surface area (Å²) < 4.78 is 41.1. The van der Waals surface area contributed by atoms with Crippen LogP contribution in [0.3, 0.4) is 0 Å². The number of fused-ring (bicyclic) bond motifs is 4. The van der Waals surface area contributed by atoms with Crippen LogP contribution >= 0.6 is 11.6 Å². The van der Waals surface area contributed by atoms with Gasteiger partial charge in [-0.3, -0.25) is 4.79 Å². The summed E-state index contributed by atoms with van der Waals surface area (Å²) in [6.45, 7) is 3.33. The molecule has 1 saturated carbocycles. The molecule has 0 saturated heterocycles. The van der Waals surface area contributed by atoms with E-state index >= 15 is 0 Å². The molecule has 43 heavy (non-hydrogen) atoms. The van der Waals surface area contributed by atoms with E-state index < -0.39 is 21.2 Å². The van der Waals surface area contributed by atoms with Gasteiger partial charge in [0.25, 0.3) is 5.91 Å². The molecule has 10 heteroatoms. The van der Waals surface area contributed by atoms with Gasteiger partial charge in [0.15, 0.2) is 0 Å². The zero-order valence-electron chi connectivity index (χ0n) is 24.8. The van der Waals surface area contributed by atoms with Gasteiger partial charge in [-0.15, -0.1) is 0 Å². The van der Waals surface area contributed by atoms with Crippen LogP contribution in [0.5, 0.6) is 5.75 Å². The molecule has 2 aliphatic heterocycles. The number of sulfonamides is 1. The number of aryl methyl sites for hydroxylation is 1. The standard InChI is InChI=1S/C33H41ClN2O6S/c1-21-14-22(18-37)5-11-30(41-2)27-9-6-25(27)17-36-19-33(13-3-4-23-15-26(34)8-10-28(23)33)20-42-31-12-7-24(16-29(31)36)32(38)35-43(21,39)40/h5,7-8,10-12,15-16,21-22,25,27,30,37H,3-4,6,9,13-14,17-20H2,1-2H3,(H,35,38)/b11-5-/t21-,22-,25+,27-,30+,33+/m1/s1. The van der Waals surface area contributed by atoms with Gasteiger partial charge in [-0.2, -0.15) is 0 Å². The maximum Gasteiger partial charge on any atom is 0.264 e. The van der Waals surface area contributed by atoms with Gasteiger partial charge in [-0.25, -0.2) is 13.1 Å². The van der Waals surface area contributed by atoms with Crippen LogP contribution in [-0.4, -0.2) is 64.2 Å². The maximum atomic E-state index is 13.4. The van der Waals surface area contributed by atoms with Crippen molar-refractivity contribution >= 4 is 33.2 Å². The fraction of sp³-hybridized carbons (Fsp3) is 0.545. The molecule has 1 amide bonds. The fourth-order valence-electron chi connectivity index (χ4n) is 7.51. The maximum absolute atomic E-state index is 13.4. The Morgan fingerprint density at radius 3 is 2.77 bits per heavy atom. The van der Waals surface area contributed by atoms with Crippen molar-refractivity contribution in [2.24, 2.45) is 17.8 Å². The highest BCUT2D eigenvalue weighted by molar-refractivity contribution is 7.90. The number of aliphatic hydroxyl groups is 1. The lowest BCUT2D eigenvalue weighted by molar-refractivity contribution is 0.0129. The van der Waals surface area contributed by atoms with E-state index in [4.69, 9.17) is 21.1 Å². The van der Waals surface area contributed by atoms with Gasteiger partial charge in [0.05, 0.1) is 23.6 Å². The van der Waals surface area contributed by atoms with Gasteiger partial charge in [0, 0.05) is 48.7 Å².